The second kappa shape index (κ2) is 8.23. The zero-order valence-electron chi connectivity index (χ0n) is 12.2. The average molecular weight is 325 g/mol. The predicted molar refractivity (Wildman–Crippen MR) is 77.9 cm³/mol. The van der Waals surface area contributed by atoms with Gasteiger partial charge in [-0.25, -0.2) is 0 Å². The number of benzene rings is 1. The van der Waals surface area contributed by atoms with Gasteiger partial charge in [0, 0.05) is 31.9 Å². The van der Waals surface area contributed by atoms with Crippen LogP contribution >= 0.6 is 0 Å². The van der Waals surface area contributed by atoms with Crippen molar-refractivity contribution in [2.75, 3.05) is 6.54 Å². The molecule has 0 saturated carbocycles. The van der Waals surface area contributed by atoms with Crippen LogP contribution in [-0.2, 0) is 11.3 Å². The first kappa shape index (κ1) is 16.9. The van der Waals surface area contributed by atoms with Gasteiger partial charge < -0.3 is 15.2 Å². The molecule has 1 atom stereocenters. The summed E-state index contributed by atoms with van der Waals surface area (Å²) in [6.45, 7) is -2.40. The summed E-state index contributed by atoms with van der Waals surface area (Å²) < 4.78 is 29.9. The fraction of sp³-hybridized carbons (Fsp3) is 0.333. The molecule has 124 valence electrons. The minimum atomic E-state index is -2.89. The number of ether oxygens (including phenoxy) is 1. The van der Waals surface area contributed by atoms with Crippen molar-refractivity contribution in [3.05, 3.63) is 48.3 Å². The van der Waals surface area contributed by atoms with E-state index in [1.54, 1.807) is 23.1 Å². The van der Waals surface area contributed by atoms with Crippen molar-refractivity contribution < 1.29 is 23.4 Å². The summed E-state index contributed by atoms with van der Waals surface area (Å²) in [6, 6.07) is 7.38. The second-order valence-electron chi connectivity index (χ2n) is 4.79. The lowest BCUT2D eigenvalue weighted by Gasteiger charge is -2.13. The van der Waals surface area contributed by atoms with Crippen molar-refractivity contribution in [3.63, 3.8) is 0 Å². The summed E-state index contributed by atoms with van der Waals surface area (Å²) >= 11 is 0. The molecule has 0 radical (unpaired) electrons. The molecular formula is C15H17F2N3O3. The first-order valence-corrected chi connectivity index (χ1v) is 7.01. The summed E-state index contributed by atoms with van der Waals surface area (Å²) in [4.78, 5) is 11.7. The number of amides is 1. The number of halogens is 2. The maximum absolute atomic E-state index is 12.0. The van der Waals surface area contributed by atoms with E-state index in [4.69, 9.17) is 0 Å². The summed E-state index contributed by atoms with van der Waals surface area (Å²) in [5.41, 5.74) is 0.499. The third-order valence-corrected chi connectivity index (χ3v) is 3.11. The van der Waals surface area contributed by atoms with Crippen LogP contribution in [0, 0.1) is 0 Å². The van der Waals surface area contributed by atoms with Gasteiger partial charge in [-0.05, 0) is 23.8 Å². The Labute approximate surface area is 131 Å². The van der Waals surface area contributed by atoms with Crippen molar-refractivity contribution in [1.29, 1.82) is 0 Å². The number of alkyl halides is 2. The molecule has 23 heavy (non-hydrogen) atoms. The summed E-state index contributed by atoms with van der Waals surface area (Å²) in [5, 5.41) is 16.6. The monoisotopic (exact) mass is 325 g/mol. The third-order valence-electron chi connectivity index (χ3n) is 3.11. The van der Waals surface area contributed by atoms with E-state index in [0.717, 1.165) is 0 Å². The minimum Gasteiger partial charge on any atom is -0.435 e. The van der Waals surface area contributed by atoms with E-state index in [2.05, 4.69) is 15.2 Å². The van der Waals surface area contributed by atoms with Gasteiger partial charge in [0.2, 0.25) is 5.91 Å². The predicted octanol–water partition coefficient (Wildman–Crippen LogP) is 1.72. The van der Waals surface area contributed by atoms with Gasteiger partial charge in [0.05, 0.1) is 6.10 Å². The normalized spacial score (nSPS) is 12.2. The first-order chi connectivity index (χ1) is 11.0. The molecule has 0 aliphatic carbocycles. The van der Waals surface area contributed by atoms with Gasteiger partial charge in [0.1, 0.15) is 5.75 Å². The maximum atomic E-state index is 12.0. The lowest BCUT2D eigenvalue weighted by atomic mass is 10.1. The fourth-order valence-corrected chi connectivity index (χ4v) is 1.94. The highest BCUT2D eigenvalue weighted by atomic mass is 19.3. The Kier molecular flexibility index (Phi) is 6.04. The highest BCUT2D eigenvalue weighted by Gasteiger charge is 2.11. The van der Waals surface area contributed by atoms with Crippen molar-refractivity contribution in [1.82, 2.24) is 15.1 Å². The molecule has 0 bridgehead atoms. The van der Waals surface area contributed by atoms with E-state index in [1.165, 1.54) is 24.3 Å². The molecule has 0 aliphatic rings. The first-order valence-electron chi connectivity index (χ1n) is 7.01. The van der Waals surface area contributed by atoms with Crippen molar-refractivity contribution in [3.8, 4) is 5.75 Å². The number of rotatable bonds is 8. The highest BCUT2D eigenvalue weighted by molar-refractivity contribution is 5.75. The van der Waals surface area contributed by atoms with Crippen LogP contribution in [0.4, 0.5) is 8.78 Å². The molecule has 0 aliphatic heterocycles. The van der Waals surface area contributed by atoms with E-state index < -0.39 is 12.7 Å². The Morgan fingerprint density at radius 2 is 2.09 bits per heavy atom. The zero-order chi connectivity index (χ0) is 16.7. The van der Waals surface area contributed by atoms with Gasteiger partial charge in [0.15, 0.2) is 0 Å². The molecule has 0 spiro atoms. The number of carbonyl (C=O) groups excluding carboxylic acids is 1. The van der Waals surface area contributed by atoms with Gasteiger partial charge >= 0.3 is 6.61 Å². The molecule has 2 N–H and O–H groups in total. The van der Waals surface area contributed by atoms with Gasteiger partial charge in [-0.1, -0.05) is 12.1 Å². The van der Waals surface area contributed by atoms with Gasteiger partial charge in [-0.3, -0.25) is 9.48 Å². The quantitative estimate of drug-likeness (QED) is 0.775. The fourth-order valence-electron chi connectivity index (χ4n) is 1.94. The van der Waals surface area contributed by atoms with Crippen molar-refractivity contribution >= 4 is 5.91 Å². The zero-order valence-corrected chi connectivity index (χ0v) is 12.2. The lowest BCUT2D eigenvalue weighted by Crippen LogP contribution is -2.29. The molecule has 2 rings (SSSR count). The minimum absolute atomic E-state index is 0.0132. The number of aryl methyl sites for hydroxylation is 1. The van der Waals surface area contributed by atoms with Gasteiger partial charge in [-0.2, -0.15) is 13.9 Å². The Bertz CT molecular complexity index is 603. The van der Waals surface area contributed by atoms with Crippen LogP contribution < -0.4 is 10.1 Å². The number of nitrogens with zero attached hydrogens (tertiary/aromatic N) is 2. The molecule has 1 unspecified atom stereocenters. The molecule has 6 nitrogen and oxygen atoms in total. The van der Waals surface area contributed by atoms with Crippen LogP contribution in [0.15, 0.2) is 42.7 Å². The number of carbonyl (C=O) groups is 1. The third kappa shape index (κ3) is 5.67. The van der Waals surface area contributed by atoms with Gasteiger partial charge in [-0.15, -0.1) is 0 Å². The van der Waals surface area contributed by atoms with E-state index in [0.29, 0.717) is 12.1 Å². The Balaban J connectivity index is 1.75. The van der Waals surface area contributed by atoms with E-state index in [9.17, 15) is 18.7 Å². The molecular weight excluding hydrogens is 308 g/mol. The van der Waals surface area contributed by atoms with Crippen LogP contribution in [-0.4, -0.2) is 34.0 Å². The lowest BCUT2D eigenvalue weighted by molar-refractivity contribution is -0.121. The van der Waals surface area contributed by atoms with Crippen LogP contribution in [0.1, 0.15) is 18.1 Å². The van der Waals surface area contributed by atoms with Crippen molar-refractivity contribution in [2.45, 2.75) is 25.7 Å². The Morgan fingerprint density at radius 3 is 2.70 bits per heavy atom. The standard InChI is InChI=1S/C15H17F2N3O3/c16-15(17)23-12-4-2-11(3-5-12)13(21)10-18-14(22)6-9-20-8-1-7-19-20/h1-5,7-8,13,15,21H,6,9-10H2,(H,18,22). The van der Waals surface area contributed by atoms with Crippen molar-refractivity contribution in [2.24, 2.45) is 0 Å². The summed E-state index contributed by atoms with van der Waals surface area (Å²) in [5.74, 6) is -0.198. The van der Waals surface area contributed by atoms with Crippen LogP contribution in [0.3, 0.4) is 0 Å². The smallest absolute Gasteiger partial charge is 0.387 e. The second-order valence-corrected chi connectivity index (χ2v) is 4.79. The molecule has 1 aromatic carbocycles. The highest BCUT2D eigenvalue weighted by Crippen LogP contribution is 2.18. The number of nitrogens with one attached hydrogen (secondary N) is 1. The molecule has 0 saturated heterocycles. The molecule has 1 aromatic heterocycles. The number of aromatic nitrogens is 2. The number of aliphatic hydroxyl groups is 1. The molecule has 8 heteroatoms. The molecule has 1 amide bonds. The topological polar surface area (TPSA) is 76.4 Å². The largest absolute Gasteiger partial charge is 0.435 e. The Morgan fingerprint density at radius 1 is 1.35 bits per heavy atom. The number of hydrogen-bond acceptors (Lipinski definition) is 4. The van der Waals surface area contributed by atoms with E-state index in [-0.39, 0.29) is 24.6 Å². The average Bonchev–Trinajstić information content (AvgIpc) is 3.04. The van der Waals surface area contributed by atoms with E-state index >= 15 is 0 Å². The number of aliphatic hydroxyl groups excluding tert-OH is 1. The number of hydrogen-bond donors (Lipinski definition) is 2. The van der Waals surface area contributed by atoms with Gasteiger partial charge in [0.25, 0.3) is 0 Å². The molecule has 0 fully saturated rings. The summed E-state index contributed by atoms with van der Waals surface area (Å²) in [6.07, 6.45) is 2.70. The summed E-state index contributed by atoms with van der Waals surface area (Å²) in [7, 11) is 0. The molecule has 1 heterocycles. The maximum Gasteiger partial charge on any atom is 0.387 e. The SMILES string of the molecule is O=C(CCn1cccn1)NCC(O)c1ccc(OC(F)F)cc1. The van der Waals surface area contributed by atoms with Crippen LogP contribution in [0.2, 0.25) is 0 Å². The van der Waals surface area contributed by atoms with Crippen LogP contribution in [0.5, 0.6) is 5.75 Å². The Hall–Kier alpha value is -2.48. The van der Waals surface area contributed by atoms with E-state index in [1.807, 2.05) is 0 Å². The van der Waals surface area contributed by atoms with Crippen LogP contribution in [0.25, 0.3) is 0 Å². The molecule has 2 aromatic rings.